The number of halogens is 3. The summed E-state index contributed by atoms with van der Waals surface area (Å²) in [5, 5.41) is 2.44. The Balaban J connectivity index is 2.34. The summed E-state index contributed by atoms with van der Waals surface area (Å²) < 4.78 is 42.3. The minimum Gasteiger partial charge on any atom is -0.460 e. The van der Waals surface area contributed by atoms with Crippen LogP contribution in [0.15, 0.2) is 0 Å². The van der Waals surface area contributed by atoms with Crippen molar-refractivity contribution in [2.24, 2.45) is 5.92 Å². The van der Waals surface area contributed by atoms with Gasteiger partial charge in [0.2, 0.25) is 0 Å². The van der Waals surface area contributed by atoms with Gasteiger partial charge in [0.25, 0.3) is 0 Å². The molecule has 1 saturated heterocycles. The van der Waals surface area contributed by atoms with Crippen LogP contribution in [0.1, 0.15) is 40.0 Å². The van der Waals surface area contributed by atoms with Gasteiger partial charge in [0.15, 0.2) is 0 Å². The van der Waals surface area contributed by atoms with Gasteiger partial charge in [-0.1, -0.05) is 0 Å². The highest BCUT2D eigenvalue weighted by Gasteiger charge is 2.41. The molecule has 2 unspecified atom stereocenters. The van der Waals surface area contributed by atoms with Gasteiger partial charge in [-0.05, 0) is 46.1 Å². The molecule has 6 heteroatoms. The number of hydrogen-bond acceptors (Lipinski definition) is 3. The van der Waals surface area contributed by atoms with Crippen molar-refractivity contribution in [1.82, 2.24) is 5.32 Å². The molecular formula is C12H20F3NO2. The SMILES string of the molecule is CC(C)(C)OC(=O)CC1CCC(C(F)(F)F)NC1. The van der Waals surface area contributed by atoms with E-state index in [1.54, 1.807) is 20.8 Å². The van der Waals surface area contributed by atoms with Crippen LogP contribution in [0.25, 0.3) is 0 Å². The van der Waals surface area contributed by atoms with E-state index in [0.717, 1.165) is 0 Å². The van der Waals surface area contributed by atoms with Crippen LogP contribution in [0.2, 0.25) is 0 Å². The molecule has 106 valence electrons. The maximum atomic E-state index is 12.4. The lowest BCUT2D eigenvalue weighted by atomic mass is 9.92. The Bertz CT molecular complexity index is 289. The van der Waals surface area contributed by atoms with Gasteiger partial charge in [-0.15, -0.1) is 0 Å². The summed E-state index contributed by atoms with van der Waals surface area (Å²) >= 11 is 0. The minimum absolute atomic E-state index is 0.0248. The van der Waals surface area contributed by atoms with Gasteiger partial charge < -0.3 is 10.1 Å². The topological polar surface area (TPSA) is 38.3 Å². The fourth-order valence-electron chi connectivity index (χ4n) is 1.99. The number of rotatable bonds is 2. The van der Waals surface area contributed by atoms with Gasteiger partial charge >= 0.3 is 12.1 Å². The molecule has 0 aromatic carbocycles. The minimum atomic E-state index is -4.20. The summed E-state index contributed by atoms with van der Waals surface area (Å²) in [6.45, 7) is 5.51. The van der Waals surface area contributed by atoms with Crippen LogP contribution in [-0.2, 0) is 9.53 Å². The van der Waals surface area contributed by atoms with Crippen molar-refractivity contribution in [2.45, 2.75) is 57.9 Å². The van der Waals surface area contributed by atoms with E-state index in [2.05, 4.69) is 5.32 Å². The van der Waals surface area contributed by atoms with E-state index in [-0.39, 0.29) is 31.3 Å². The Kier molecular flexibility index (Phi) is 4.64. The highest BCUT2D eigenvalue weighted by Crippen LogP contribution is 2.29. The predicted molar refractivity (Wildman–Crippen MR) is 61.0 cm³/mol. The number of esters is 1. The van der Waals surface area contributed by atoms with Crippen LogP contribution in [0.3, 0.4) is 0 Å². The first-order chi connectivity index (χ1) is 8.08. The number of alkyl halides is 3. The molecule has 0 aromatic heterocycles. The number of hydrogen-bond donors (Lipinski definition) is 1. The number of carbonyl (C=O) groups is 1. The van der Waals surface area contributed by atoms with Crippen molar-refractivity contribution < 1.29 is 22.7 Å². The van der Waals surface area contributed by atoms with Crippen molar-refractivity contribution in [2.75, 3.05) is 6.54 Å². The molecule has 0 bridgehead atoms. The van der Waals surface area contributed by atoms with E-state index in [4.69, 9.17) is 4.74 Å². The van der Waals surface area contributed by atoms with Gasteiger partial charge in [-0.2, -0.15) is 13.2 Å². The number of piperidine rings is 1. The Morgan fingerprint density at radius 2 is 1.89 bits per heavy atom. The molecule has 3 nitrogen and oxygen atoms in total. The number of ether oxygens (including phenoxy) is 1. The summed E-state index contributed by atoms with van der Waals surface area (Å²) in [5.41, 5.74) is -0.548. The van der Waals surface area contributed by atoms with Gasteiger partial charge in [-0.25, -0.2) is 0 Å². The van der Waals surface area contributed by atoms with Crippen molar-refractivity contribution >= 4 is 5.97 Å². The van der Waals surface area contributed by atoms with Crippen LogP contribution in [-0.4, -0.2) is 30.3 Å². The molecular weight excluding hydrogens is 247 g/mol. The van der Waals surface area contributed by atoms with E-state index < -0.39 is 17.8 Å². The quantitative estimate of drug-likeness (QED) is 0.782. The first-order valence-electron chi connectivity index (χ1n) is 6.10. The summed E-state index contributed by atoms with van der Waals surface area (Å²) in [6, 6.07) is -1.44. The Hall–Kier alpha value is -0.780. The fourth-order valence-corrected chi connectivity index (χ4v) is 1.99. The predicted octanol–water partition coefficient (Wildman–Crippen LogP) is 2.65. The molecule has 0 saturated carbocycles. The van der Waals surface area contributed by atoms with E-state index in [1.165, 1.54) is 0 Å². The summed E-state index contributed by atoms with van der Waals surface area (Å²) in [6.07, 6.45) is -3.60. The van der Waals surface area contributed by atoms with Gasteiger partial charge in [-0.3, -0.25) is 4.79 Å². The van der Waals surface area contributed by atoms with Crippen LogP contribution in [0.5, 0.6) is 0 Å². The zero-order chi connectivity index (χ0) is 14.0. The zero-order valence-electron chi connectivity index (χ0n) is 10.9. The first kappa shape index (κ1) is 15.3. The maximum absolute atomic E-state index is 12.4. The summed E-state index contributed by atoms with van der Waals surface area (Å²) in [4.78, 5) is 11.5. The molecule has 18 heavy (non-hydrogen) atoms. The molecule has 1 aliphatic rings. The average Bonchev–Trinajstić information content (AvgIpc) is 2.13. The normalized spacial score (nSPS) is 25.9. The summed E-state index contributed by atoms with van der Waals surface area (Å²) in [7, 11) is 0. The zero-order valence-corrected chi connectivity index (χ0v) is 10.9. The summed E-state index contributed by atoms with van der Waals surface area (Å²) in [5.74, 6) is -0.418. The molecule has 0 aliphatic carbocycles. The standard InChI is InChI=1S/C12H20F3NO2/c1-11(2,3)18-10(17)6-8-4-5-9(16-7-8)12(13,14)15/h8-9,16H,4-7H2,1-3H3. The van der Waals surface area contributed by atoms with Crippen LogP contribution in [0, 0.1) is 5.92 Å². The average molecular weight is 267 g/mol. The van der Waals surface area contributed by atoms with E-state index in [9.17, 15) is 18.0 Å². The van der Waals surface area contributed by atoms with Crippen molar-refractivity contribution in [3.63, 3.8) is 0 Å². The lowest BCUT2D eigenvalue weighted by Crippen LogP contribution is -2.48. The van der Waals surface area contributed by atoms with Gasteiger partial charge in [0.05, 0.1) is 0 Å². The van der Waals surface area contributed by atoms with E-state index in [1.807, 2.05) is 0 Å². The maximum Gasteiger partial charge on any atom is 0.403 e. The van der Waals surface area contributed by atoms with Gasteiger partial charge in [0.1, 0.15) is 11.6 Å². The van der Waals surface area contributed by atoms with Crippen LogP contribution < -0.4 is 5.32 Å². The molecule has 1 N–H and O–H groups in total. The van der Waals surface area contributed by atoms with Crippen molar-refractivity contribution in [3.05, 3.63) is 0 Å². The number of carbonyl (C=O) groups excluding carboxylic acids is 1. The highest BCUT2D eigenvalue weighted by molar-refractivity contribution is 5.70. The molecule has 1 rings (SSSR count). The molecule has 0 radical (unpaired) electrons. The molecule has 0 amide bonds. The Morgan fingerprint density at radius 3 is 2.28 bits per heavy atom. The molecule has 1 fully saturated rings. The smallest absolute Gasteiger partial charge is 0.403 e. The van der Waals surface area contributed by atoms with Crippen LogP contribution >= 0.6 is 0 Å². The van der Waals surface area contributed by atoms with Crippen molar-refractivity contribution in [3.8, 4) is 0 Å². The largest absolute Gasteiger partial charge is 0.460 e. The lowest BCUT2D eigenvalue weighted by molar-refractivity contribution is -0.164. The van der Waals surface area contributed by atoms with E-state index >= 15 is 0 Å². The fraction of sp³-hybridized carbons (Fsp3) is 0.917. The third kappa shape index (κ3) is 5.25. The second-order valence-corrected chi connectivity index (χ2v) is 5.74. The second-order valence-electron chi connectivity index (χ2n) is 5.74. The third-order valence-electron chi connectivity index (χ3n) is 2.79. The molecule has 2 atom stereocenters. The monoisotopic (exact) mass is 267 g/mol. The van der Waals surface area contributed by atoms with E-state index in [0.29, 0.717) is 6.42 Å². The Morgan fingerprint density at radius 1 is 1.28 bits per heavy atom. The molecule has 1 aliphatic heterocycles. The van der Waals surface area contributed by atoms with Gasteiger partial charge in [0, 0.05) is 6.42 Å². The number of nitrogens with one attached hydrogen (secondary N) is 1. The Labute approximate surface area is 105 Å². The first-order valence-corrected chi connectivity index (χ1v) is 6.10. The molecule has 0 spiro atoms. The third-order valence-corrected chi connectivity index (χ3v) is 2.79. The second kappa shape index (κ2) is 5.47. The molecule has 1 heterocycles. The lowest BCUT2D eigenvalue weighted by Gasteiger charge is -2.31. The molecule has 0 aromatic rings. The van der Waals surface area contributed by atoms with Crippen LogP contribution in [0.4, 0.5) is 13.2 Å². The van der Waals surface area contributed by atoms with Crippen molar-refractivity contribution in [1.29, 1.82) is 0 Å². The highest BCUT2D eigenvalue weighted by atomic mass is 19.4.